The van der Waals surface area contributed by atoms with E-state index < -0.39 is 0 Å². The summed E-state index contributed by atoms with van der Waals surface area (Å²) in [7, 11) is 0. The number of allylic oxidation sites excluding steroid dienone is 4. The van der Waals surface area contributed by atoms with Gasteiger partial charge in [-0.25, -0.2) is 0 Å². The van der Waals surface area contributed by atoms with Crippen molar-refractivity contribution in [3.05, 3.63) is 155 Å². The molecule has 0 bridgehead atoms. The molecule has 0 spiro atoms. The first-order chi connectivity index (χ1) is 16.2. The van der Waals surface area contributed by atoms with Crippen molar-refractivity contribution in [3.8, 4) is 0 Å². The molecule has 5 rings (SSSR count). The zero-order chi connectivity index (χ0) is 22.6. The Labute approximate surface area is 198 Å². The Kier molecular flexibility index (Phi) is 6.09. The molecule has 0 aromatic heterocycles. The van der Waals surface area contributed by atoms with Crippen LogP contribution in [-0.2, 0) is 0 Å². The Morgan fingerprint density at radius 1 is 0.455 bits per heavy atom. The van der Waals surface area contributed by atoms with Gasteiger partial charge in [-0.3, -0.25) is 0 Å². The zero-order valence-electron chi connectivity index (χ0n) is 19.4. The Hall–Kier alpha value is -3.64. The minimum absolute atomic E-state index is 0.212. The molecule has 0 radical (unpaired) electrons. The molecule has 0 fully saturated rings. The summed E-state index contributed by atoms with van der Waals surface area (Å²) in [5.41, 5.74) is 9.43. The van der Waals surface area contributed by atoms with Crippen LogP contribution in [0.2, 0.25) is 0 Å². The lowest BCUT2D eigenvalue weighted by molar-refractivity contribution is 0.864. The first-order valence-corrected chi connectivity index (χ1v) is 11.9. The summed E-state index contributed by atoms with van der Waals surface area (Å²) in [6, 6.07) is 41.9. The van der Waals surface area contributed by atoms with Crippen molar-refractivity contribution in [2.75, 3.05) is 0 Å². The van der Waals surface area contributed by atoms with Crippen molar-refractivity contribution < 1.29 is 0 Å². The van der Waals surface area contributed by atoms with Gasteiger partial charge in [0.25, 0.3) is 0 Å². The van der Waals surface area contributed by atoms with E-state index in [1.165, 1.54) is 39.0 Å². The van der Waals surface area contributed by atoms with Gasteiger partial charge in [0.2, 0.25) is 0 Å². The van der Waals surface area contributed by atoms with Crippen molar-refractivity contribution in [1.29, 1.82) is 0 Å². The van der Waals surface area contributed by atoms with Crippen LogP contribution in [0, 0.1) is 0 Å². The van der Waals surface area contributed by atoms with E-state index >= 15 is 0 Å². The number of hydrogen-bond donors (Lipinski definition) is 0. The van der Waals surface area contributed by atoms with Crippen molar-refractivity contribution in [2.45, 2.75) is 31.6 Å². The van der Waals surface area contributed by atoms with E-state index in [4.69, 9.17) is 0 Å². The largest absolute Gasteiger partial charge is 0.0757 e. The predicted octanol–water partition coefficient (Wildman–Crippen LogP) is 8.86. The van der Waals surface area contributed by atoms with Gasteiger partial charge in [0, 0.05) is 11.8 Å². The maximum atomic E-state index is 2.41. The highest BCUT2D eigenvalue weighted by molar-refractivity contribution is 5.99. The fourth-order valence-electron chi connectivity index (χ4n) is 4.96. The van der Waals surface area contributed by atoms with Gasteiger partial charge in [-0.2, -0.15) is 0 Å². The Balaban J connectivity index is 1.75. The maximum absolute atomic E-state index is 2.41. The molecule has 4 aromatic carbocycles. The molecule has 0 saturated heterocycles. The molecule has 0 amide bonds. The summed E-state index contributed by atoms with van der Waals surface area (Å²) in [5.74, 6) is 0.964. The highest BCUT2D eigenvalue weighted by atomic mass is 14.3. The summed E-state index contributed by atoms with van der Waals surface area (Å²) < 4.78 is 0. The van der Waals surface area contributed by atoms with Crippen LogP contribution in [0.25, 0.3) is 11.1 Å². The van der Waals surface area contributed by atoms with E-state index in [0.29, 0.717) is 5.92 Å². The Morgan fingerprint density at radius 3 is 1.27 bits per heavy atom. The third-order valence-corrected chi connectivity index (χ3v) is 6.70. The van der Waals surface area contributed by atoms with E-state index in [0.717, 1.165) is 0 Å². The van der Waals surface area contributed by atoms with Gasteiger partial charge in [-0.05, 0) is 44.9 Å². The summed E-state index contributed by atoms with van der Waals surface area (Å²) >= 11 is 0. The molecule has 1 aliphatic carbocycles. The molecule has 33 heavy (non-hydrogen) atoms. The topological polar surface area (TPSA) is 0 Å². The van der Waals surface area contributed by atoms with Gasteiger partial charge in [0.15, 0.2) is 0 Å². The fourth-order valence-corrected chi connectivity index (χ4v) is 4.96. The quantitative estimate of drug-likeness (QED) is 0.280. The third-order valence-electron chi connectivity index (χ3n) is 6.70. The first-order valence-electron chi connectivity index (χ1n) is 11.9. The minimum atomic E-state index is 0.212. The molecule has 4 aromatic rings. The third kappa shape index (κ3) is 4.34. The van der Waals surface area contributed by atoms with E-state index in [-0.39, 0.29) is 11.8 Å². The predicted molar refractivity (Wildman–Crippen MR) is 141 cm³/mol. The molecule has 2 atom stereocenters. The second-order valence-corrected chi connectivity index (χ2v) is 9.13. The maximum Gasteiger partial charge on any atom is 0.0279 e. The lowest BCUT2D eigenvalue weighted by Crippen LogP contribution is -2.12. The van der Waals surface area contributed by atoms with Crippen molar-refractivity contribution in [1.82, 2.24) is 0 Å². The highest BCUT2D eigenvalue weighted by Gasteiger charge is 2.29. The van der Waals surface area contributed by atoms with Gasteiger partial charge in [0.05, 0.1) is 0 Å². The average Bonchev–Trinajstić information content (AvgIpc) is 2.89. The standard InChI is InChI=1S/C33H30/c1-24(2)25-18-20-27(21-19-25)31-23-22-30(26-12-6-3-7-13-26)32(28-14-8-4-9-15-28)33(31)29-16-10-5-11-17-29/h3-24,30-31H,1-2H3. The number of hydrogen-bond acceptors (Lipinski definition) is 0. The van der Waals surface area contributed by atoms with Gasteiger partial charge in [-0.1, -0.05) is 141 Å². The van der Waals surface area contributed by atoms with Gasteiger partial charge < -0.3 is 0 Å². The number of rotatable bonds is 5. The van der Waals surface area contributed by atoms with Crippen molar-refractivity contribution in [3.63, 3.8) is 0 Å². The van der Waals surface area contributed by atoms with Crippen LogP contribution in [0.4, 0.5) is 0 Å². The first kappa shape index (κ1) is 21.2. The van der Waals surface area contributed by atoms with Crippen LogP contribution in [0.3, 0.4) is 0 Å². The summed E-state index contributed by atoms with van der Waals surface area (Å²) in [6.45, 7) is 4.51. The average molecular weight is 427 g/mol. The second kappa shape index (κ2) is 9.46. The lowest BCUT2D eigenvalue weighted by atomic mass is 9.72. The molecule has 162 valence electrons. The SMILES string of the molecule is CC(C)c1ccc(C2C=CC(c3ccccc3)C(c3ccccc3)=C2c2ccccc2)cc1. The van der Waals surface area contributed by atoms with Gasteiger partial charge >= 0.3 is 0 Å². The van der Waals surface area contributed by atoms with Gasteiger partial charge in [-0.15, -0.1) is 0 Å². The molecule has 0 heterocycles. The molecule has 0 saturated carbocycles. The van der Waals surface area contributed by atoms with Crippen LogP contribution in [0.15, 0.2) is 127 Å². The van der Waals surface area contributed by atoms with Crippen LogP contribution >= 0.6 is 0 Å². The Bertz CT molecular complexity index is 1240. The van der Waals surface area contributed by atoms with E-state index in [1.54, 1.807) is 0 Å². The molecule has 0 aliphatic heterocycles. The summed E-state index contributed by atoms with van der Waals surface area (Å²) in [4.78, 5) is 0. The normalized spacial score (nSPS) is 18.0. The fraction of sp³-hybridized carbons (Fsp3) is 0.152. The molecule has 1 aliphatic rings. The number of benzene rings is 4. The van der Waals surface area contributed by atoms with Crippen LogP contribution < -0.4 is 0 Å². The van der Waals surface area contributed by atoms with Crippen molar-refractivity contribution >= 4 is 11.1 Å². The van der Waals surface area contributed by atoms with Crippen molar-refractivity contribution in [2.24, 2.45) is 0 Å². The van der Waals surface area contributed by atoms with E-state index in [1.807, 2.05) is 0 Å². The smallest absolute Gasteiger partial charge is 0.0279 e. The van der Waals surface area contributed by atoms with E-state index in [2.05, 4.69) is 141 Å². The van der Waals surface area contributed by atoms with Crippen LogP contribution in [-0.4, -0.2) is 0 Å². The molecule has 2 unspecified atom stereocenters. The Morgan fingerprint density at radius 2 is 0.848 bits per heavy atom. The van der Waals surface area contributed by atoms with Gasteiger partial charge in [0.1, 0.15) is 0 Å². The van der Waals surface area contributed by atoms with Crippen LogP contribution in [0.1, 0.15) is 59.4 Å². The zero-order valence-corrected chi connectivity index (χ0v) is 19.4. The lowest BCUT2D eigenvalue weighted by Gasteiger charge is -2.32. The molecular weight excluding hydrogens is 396 g/mol. The summed E-state index contributed by atoms with van der Waals surface area (Å²) in [5, 5.41) is 0. The second-order valence-electron chi connectivity index (χ2n) is 9.13. The summed E-state index contributed by atoms with van der Waals surface area (Å²) in [6.07, 6.45) is 4.82. The van der Waals surface area contributed by atoms with E-state index in [9.17, 15) is 0 Å². The minimum Gasteiger partial charge on any atom is -0.0757 e. The highest BCUT2D eigenvalue weighted by Crippen LogP contribution is 2.49. The molecule has 0 heteroatoms. The van der Waals surface area contributed by atoms with Crippen LogP contribution in [0.5, 0.6) is 0 Å². The monoisotopic (exact) mass is 426 g/mol. The molecular formula is C33H30. The molecule has 0 N–H and O–H groups in total. The molecule has 0 nitrogen and oxygen atoms in total.